The molecule has 0 aromatic heterocycles. The Morgan fingerprint density at radius 1 is 1.52 bits per heavy atom. The average molecular weight is 287 g/mol. The van der Waals surface area contributed by atoms with Crippen LogP contribution in [0.15, 0.2) is 18.2 Å². The van der Waals surface area contributed by atoms with Gasteiger partial charge in [0.2, 0.25) is 0 Å². The molecule has 0 aliphatic carbocycles. The minimum Gasteiger partial charge on any atom is -0.393 e. The second kappa shape index (κ2) is 6.75. The number of likely N-dealkylation sites (tertiary alicyclic amines) is 1. The van der Waals surface area contributed by atoms with Crippen molar-refractivity contribution in [2.75, 3.05) is 19.7 Å². The summed E-state index contributed by atoms with van der Waals surface area (Å²) in [6, 6.07) is 5.46. The summed E-state index contributed by atoms with van der Waals surface area (Å²) in [5.41, 5.74) is 2.25. The van der Waals surface area contributed by atoms with E-state index >= 15 is 0 Å². The molecule has 1 fully saturated rings. The molecule has 1 amide bonds. The summed E-state index contributed by atoms with van der Waals surface area (Å²) in [5.74, 6) is 5.62. The van der Waals surface area contributed by atoms with Gasteiger partial charge in [-0.2, -0.15) is 0 Å². The monoisotopic (exact) mass is 287 g/mol. The van der Waals surface area contributed by atoms with Crippen molar-refractivity contribution in [3.05, 3.63) is 34.9 Å². The Bertz CT molecular complexity index is 583. The maximum atomic E-state index is 12.6. The molecule has 21 heavy (non-hydrogen) atoms. The van der Waals surface area contributed by atoms with Crippen molar-refractivity contribution < 1.29 is 15.0 Å². The van der Waals surface area contributed by atoms with Gasteiger partial charge in [-0.15, -0.1) is 0 Å². The molecule has 0 radical (unpaired) electrons. The number of hydrogen-bond donors (Lipinski definition) is 2. The molecule has 1 heterocycles. The number of aliphatic hydroxyl groups is 2. The van der Waals surface area contributed by atoms with Crippen LogP contribution in [0.2, 0.25) is 0 Å². The van der Waals surface area contributed by atoms with E-state index in [1.165, 1.54) is 0 Å². The highest BCUT2D eigenvalue weighted by Gasteiger charge is 2.30. The summed E-state index contributed by atoms with van der Waals surface area (Å²) in [5, 5.41) is 18.4. The molecule has 1 saturated heterocycles. The van der Waals surface area contributed by atoms with Crippen molar-refractivity contribution in [3.63, 3.8) is 0 Å². The molecule has 2 unspecified atom stereocenters. The van der Waals surface area contributed by atoms with Gasteiger partial charge in [0.25, 0.3) is 5.91 Å². The van der Waals surface area contributed by atoms with Gasteiger partial charge >= 0.3 is 0 Å². The topological polar surface area (TPSA) is 60.8 Å². The molecule has 1 aliphatic rings. The predicted molar refractivity (Wildman–Crippen MR) is 80.8 cm³/mol. The second-order valence-corrected chi connectivity index (χ2v) is 5.48. The number of rotatable bonds is 2. The van der Waals surface area contributed by atoms with Gasteiger partial charge in [0.15, 0.2) is 0 Å². The van der Waals surface area contributed by atoms with Crippen LogP contribution in [0.3, 0.4) is 0 Å². The van der Waals surface area contributed by atoms with Gasteiger partial charge in [0.1, 0.15) is 6.61 Å². The van der Waals surface area contributed by atoms with Crippen LogP contribution in [0, 0.1) is 24.7 Å². The van der Waals surface area contributed by atoms with Gasteiger partial charge in [-0.3, -0.25) is 4.79 Å². The maximum absolute atomic E-state index is 12.6. The van der Waals surface area contributed by atoms with Crippen LogP contribution in [0.4, 0.5) is 0 Å². The fraction of sp³-hybridized carbons (Fsp3) is 0.471. The van der Waals surface area contributed by atoms with E-state index in [-0.39, 0.29) is 24.5 Å². The summed E-state index contributed by atoms with van der Waals surface area (Å²) < 4.78 is 0. The number of benzene rings is 1. The fourth-order valence-corrected chi connectivity index (χ4v) is 2.67. The molecule has 0 bridgehead atoms. The molecular weight excluding hydrogens is 266 g/mol. The zero-order valence-electron chi connectivity index (χ0n) is 12.5. The highest BCUT2D eigenvalue weighted by atomic mass is 16.3. The van der Waals surface area contributed by atoms with E-state index < -0.39 is 0 Å². The number of amides is 1. The summed E-state index contributed by atoms with van der Waals surface area (Å²) in [6.45, 7) is 4.73. The first kappa shape index (κ1) is 15.6. The first-order valence-electron chi connectivity index (χ1n) is 7.21. The standard InChI is InChI=1S/C17H21NO3/c1-12-14(6-4-10-19)5-3-7-16(12)17(21)18-9-8-15(11-18)13(2)20/h3,5,7,13,15,19-20H,8-11H2,1-2H3. The van der Waals surface area contributed by atoms with Crippen LogP contribution in [0.25, 0.3) is 0 Å². The molecule has 4 nitrogen and oxygen atoms in total. The Balaban J connectivity index is 2.21. The Morgan fingerprint density at radius 3 is 2.90 bits per heavy atom. The lowest BCUT2D eigenvalue weighted by Gasteiger charge is -2.19. The summed E-state index contributed by atoms with van der Waals surface area (Å²) >= 11 is 0. The van der Waals surface area contributed by atoms with Crippen LogP contribution >= 0.6 is 0 Å². The molecule has 2 atom stereocenters. The lowest BCUT2D eigenvalue weighted by atomic mass is 10.0. The molecule has 0 saturated carbocycles. The van der Waals surface area contributed by atoms with Crippen LogP contribution < -0.4 is 0 Å². The number of carbonyl (C=O) groups is 1. The molecule has 112 valence electrons. The Hall–Kier alpha value is -1.83. The molecule has 4 heteroatoms. The van der Waals surface area contributed by atoms with E-state index in [0.717, 1.165) is 17.5 Å². The molecule has 1 aromatic rings. The number of aliphatic hydroxyl groups excluding tert-OH is 2. The lowest BCUT2D eigenvalue weighted by molar-refractivity contribution is 0.0761. The van der Waals surface area contributed by atoms with Gasteiger partial charge in [0, 0.05) is 30.1 Å². The zero-order valence-corrected chi connectivity index (χ0v) is 12.5. The minimum atomic E-state index is -0.384. The minimum absolute atomic E-state index is 0.0108. The molecule has 2 rings (SSSR count). The van der Waals surface area contributed by atoms with Crippen molar-refractivity contribution >= 4 is 5.91 Å². The van der Waals surface area contributed by atoms with Gasteiger partial charge in [-0.1, -0.05) is 17.9 Å². The normalized spacial score (nSPS) is 19.0. The molecule has 0 spiro atoms. The molecular formula is C17H21NO3. The highest BCUT2D eigenvalue weighted by molar-refractivity contribution is 5.96. The summed E-state index contributed by atoms with van der Waals surface area (Å²) in [4.78, 5) is 14.4. The SMILES string of the molecule is Cc1c(C#CCO)cccc1C(=O)N1CCC(C(C)O)C1. The van der Waals surface area contributed by atoms with Crippen LogP contribution in [-0.2, 0) is 0 Å². The third-order valence-corrected chi connectivity index (χ3v) is 4.06. The third-order valence-electron chi connectivity index (χ3n) is 4.06. The number of nitrogens with zero attached hydrogens (tertiary/aromatic N) is 1. The van der Waals surface area contributed by atoms with Crippen molar-refractivity contribution in [2.45, 2.75) is 26.4 Å². The second-order valence-electron chi connectivity index (χ2n) is 5.48. The van der Waals surface area contributed by atoms with Crippen LogP contribution in [0.1, 0.15) is 34.8 Å². The quantitative estimate of drug-likeness (QED) is 0.803. The van der Waals surface area contributed by atoms with Crippen LogP contribution in [-0.4, -0.2) is 46.8 Å². The number of carbonyl (C=O) groups excluding carboxylic acids is 1. The van der Waals surface area contributed by atoms with Crippen molar-refractivity contribution in [1.29, 1.82) is 0 Å². The maximum Gasteiger partial charge on any atom is 0.254 e. The van der Waals surface area contributed by atoms with Gasteiger partial charge in [-0.05, 0) is 38.0 Å². The van der Waals surface area contributed by atoms with Gasteiger partial charge in [-0.25, -0.2) is 0 Å². The largest absolute Gasteiger partial charge is 0.393 e. The summed E-state index contributed by atoms with van der Waals surface area (Å²) in [6.07, 6.45) is 0.456. The Morgan fingerprint density at radius 2 is 2.29 bits per heavy atom. The van der Waals surface area contributed by atoms with Gasteiger partial charge < -0.3 is 15.1 Å². The third kappa shape index (κ3) is 3.44. The van der Waals surface area contributed by atoms with Gasteiger partial charge in [0.05, 0.1) is 6.10 Å². The van der Waals surface area contributed by atoms with E-state index in [0.29, 0.717) is 18.7 Å². The Labute approximate surface area is 125 Å². The average Bonchev–Trinajstić information content (AvgIpc) is 2.95. The summed E-state index contributed by atoms with van der Waals surface area (Å²) in [7, 11) is 0. The highest BCUT2D eigenvalue weighted by Crippen LogP contribution is 2.23. The fourth-order valence-electron chi connectivity index (χ4n) is 2.67. The smallest absolute Gasteiger partial charge is 0.254 e. The van der Waals surface area contributed by atoms with Crippen molar-refractivity contribution in [3.8, 4) is 11.8 Å². The Kier molecular flexibility index (Phi) is 5.00. The molecule has 1 aliphatic heterocycles. The van der Waals surface area contributed by atoms with E-state index in [1.54, 1.807) is 17.9 Å². The van der Waals surface area contributed by atoms with Crippen molar-refractivity contribution in [2.24, 2.45) is 5.92 Å². The van der Waals surface area contributed by atoms with E-state index in [9.17, 15) is 9.90 Å². The first-order valence-corrected chi connectivity index (χ1v) is 7.21. The number of hydrogen-bond acceptors (Lipinski definition) is 3. The predicted octanol–water partition coefficient (Wildman–Crippen LogP) is 1.18. The zero-order chi connectivity index (χ0) is 15.4. The lowest BCUT2D eigenvalue weighted by Crippen LogP contribution is -2.31. The molecule has 1 aromatic carbocycles. The van der Waals surface area contributed by atoms with Crippen LogP contribution in [0.5, 0.6) is 0 Å². The molecule has 2 N–H and O–H groups in total. The first-order chi connectivity index (χ1) is 10.0. The van der Waals surface area contributed by atoms with E-state index in [4.69, 9.17) is 5.11 Å². The van der Waals surface area contributed by atoms with Crippen molar-refractivity contribution in [1.82, 2.24) is 4.90 Å². The van der Waals surface area contributed by atoms with E-state index in [2.05, 4.69) is 11.8 Å². The van der Waals surface area contributed by atoms with E-state index in [1.807, 2.05) is 19.1 Å².